The Morgan fingerprint density at radius 3 is 2.32 bits per heavy atom. The molecule has 3 N–H and O–H groups in total. The summed E-state index contributed by atoms with van der Waals surface area (Å²) in [6.45, 7) is 2.11. The number of nitrogens with one attached hydrogen (secondary N) is 2. The lowest BCUT2D eigenvalue weighted by atomic mass is 9.90. The van der Waals surface area contributed by atoms with Gasteiger partial charge in [0.25, 0.3) is 0 Å². The van der Waals surface area contributed by atoms with Crippen molar-refractivity contribution in [2.45, 2.75) is 69.9 Å². The van der Waals surface area contributed by atoms with E-state index in [-0.39, 0.29) is 12.1 Å². The van der Waals surface area contributed by atoms with Crippen molar-refractivity contribution in [1.82, 2.24) is 10.6 Å². The lowest BCUT2D eigenvalue weighted by Gasteiger charge is -2.29. The average molecular weight is 268 g/mol. The zero-order valence-electron chi connectivity index (χ0n) is 11.6. The smallest absolute Gasteiger partial charge is 0.329 e. The van der Waals surface area contributed by atoms with Gasteiger partial charge in [0.2, 0.25) is 0 Å². The van der Waals surface area contributed by atoms with Gasteiger partial charge in [-0.2, -0.15) is 0 Å². The average Bonchev–Trinajstić information content (AvgIpc) is 3.12. The van der Waals surface area contributed by atoms with Gasteiger partial charge in [0, 0.05) is 6.04 Å². The topological polar surface area (TPSA) is 78.4 Å². The molecule has 0 aromatic heterocycles. The highest BCUT2D eigenvalue weighted by Gasteiger charge is 2.42. The lowest BCUT2D eigenvalue weighted by molar-refractivity contribution is -0.145. The molecule has 0 radical (unpaired) electrons. The highest BCUT2D eigenvalue weighted by molar-refractivity contribution is 5.86. The molecule has 2 unspecified atom stereocenters. The van der Waals surface area contributed by atoms with Crippen molar-refractivity contribution < 1.29 is 14.7 Å². The second-order valence-corrected chi connectivity index (χ2v) is 5.91. The zero-order chi connectivity index (χ0) is 13.9. The summed E-state index contributed by atoms with van der Waals surface area (Å²) in [4.78, 5) is 23.5. The van der Waals surface area contributed by atoms with Crippen LogP contribution in [-0.2, 0) is 4.79 Å². The molecule has 2 rings (SSSR count). The molecule has 5 nitrogen and oxygen atoms in total. The van der Waals surface area contributed by atoms with Crippen LogP contribution < -0.4 is 10.6 Å². The summed E-state index contributed by atoms with van der Waals surface area (Å²) in [5, 5.41) is 15.1. The minimum atomic E-state index is -1.06. The van der Waals surface area contributed by atoms with Gasteiger partial charge in [0.05, 0.1) is 0 Å². The Morgan fingerprint density at radius 2 is 1.84 bits per heavy atom. The summed E-state index contributed by atoms with van der Waals surface area (Å²) >= 11 is 0. The second-order valence-electron chi connectivity index (χ2n) is 5.91. The summed E-state index contributed by atoms with van der Waals surface area (Å²) in [5.41, 5.74) is -1.06. The molecule has 2 saturated carbocycles. The first kappa shape index (κ1) is 14.2. The largest absolute Gasteiger partial charge is 0.480 e. The molecule has 0 spiro atoms. The SMILES string of the molecule is CCC1CC1NC(=O)NC1(C(=O)O)CCCCCC1. The van der Waals surface area contributed by atoms with Crippen molar-refractivity contribution >= 4 is 12.0 Å². The molecule has 0 aliphatic heterocycles. The van der Waals surface area contributed by atoms with Crippen LogP contribution in [0.4, 0.5) is 4.79 Å². The van der Waals surface area contributed by atoms with Crippen LogP contribution in [0.5, 0.6) is 0 Å². The van der Waals surface area contributed by atoms with E-state index in [1.54, 1.807) is 0 Å². The van der Waals surface area contributed by atoms with Gasteiger partial charge < -0.3 is 15.7 Å². The van der Waals surface area contributed by atoms with Gasteiger partial charge >= 0.3 is 12.0 Å². The number of carbonyl (C=O) groups excluding carboxylic acids is 1. The van der Waals surface area contributed by atoms with E-state index in [1.165, 1.54) is 0 Å². The van der Waals surface area contributed by atoms with E-state index in [1.807, 2.05) is 0 Å². The van der Waals surface area contributed by atoms with Gasteiger partial charge in [0.15, 0.2) is 0 Å². The molecule has 2 aliphatic carbocycles. The van der Waals surface area contributed by atoms with Gasteiger partial charge in [-0.1, -0.05) is 39.0 Å². The minimum Gasteiger partial charge on any atom is -0.480 e. The lowest BCUT2D eigenvalue weighted by Crippen LogP contribution is -2.57. The summed E-state index contributed by atoms with van der Waals surface area (Å²) in [6, 6.07) is -0.0770. The van der Waals surface area contributed by atoms with E-state index in [0.717, 1.165) is 38.5 Å². The fourth-order valence-corrected chi connectivity index (χ4v) is 3.02. The summed E-state index contributed by atoms with van der Waals surface area (Å²) in [7, 11) is 0. The number of hydrogen-bond donors (Lipinski definition) is 3. The molecular weight excluding hydrogens is 244 g/mol. The van der Waals surface area contributed by atoms with E-state index in [9.17, 15) is 14.7 Å². The fraction of sp³-hybridized carbons (Fsp3) is 0.857. The molecule has 108 valence electrons. The van der Waals surface area contributed by atoms with E-state index in [0.29, 0.717) is 18.8 Å². The monoisotopic (exact) mass is 268 g/mol. The molecule has 0 aromatic rings. The maximum absolute atomic E-state index is 12.0. The van der Waals surface area contributed by atoms with Crippen LogP contribution in [0.2, 0.25) is 0 Å². The maximum atomic E-state index is 12.0. The number of carboxylic acid groups (broad SMARTS) is 1. The van der Waals surface area contributed by atoms with Crippen molar-refractivity contribution in [2.24, 2.45) is 5.92 Å². The van der Waals surface area contributed by atoms with Crippen molar-refractivity contribution in [1.29, 1.82) is 0 Å². The first-order valence-corrected chi connectivity index (χ1v) is 7.39. The standard InChI is InChI=1S/C14H24N2O3/c1-2-10-9-11(10)15-13(19)16-14(12(17)18)7-5-3-4-6-8-14/h10-11H,2-9H2,1H3,(H,17,18)(H2,15,16,19). The highest BCUT2D eigenvalue weighted by Crippen LogP contribution is 2.33. The van der Waals surface area contributed by atoms with E-state index < -0.39 is 11.5 Å². The van der Waals surface area contributed by atoms with Crippen LogP contribution >= 0.6 is 0 Å². The zero-order valence-corrected chi connectivity index (χ0v) is 11.6. The third kappa shape index (κ3) is 3.39. The van der Waals surface area contributed by atoms with Crippen LogP contribution in [-0.4, -0.2) is 28.7 Å². The number of urea groups is 1. The molecule has 2 atom stereocenters. The van der Waals surface area contributed by atoms with Crippen molar-refractivity contribution in [3.63, 3.8) is 0 Å². The van der Waals surface area contributed by atoms with Crippen LogP contribution in [0, 0.1) is 5.92 Å². The van der Waals surface area contributed by atoms with Gasteiger partial charge in [-0.25, -0.2) is 9.59 Å². The molecule has 2 fully saturated rings. The number of amides is 2. The Kier molecular flexibility index (Phi) is 4.32. The second kappa shape index (κ2) is 5.80. The molecular formula is C14H24N2O3. The van der Waals surface area contributed by atoms with E-state index in [4.69, 9.17) is 0 Å². The highest BCUT2D eigenvalue weighted by atomic mass is 16.4. The van der Waals surface area contributed by atoms with Crippen LogP contribution in [0.1, 0.15) is 58.3 Å². The summed E-state index contributed by atoms with van der Waals surface area (Å²) < 4.78 is 0. The predicted octanol–water partition coefficient (Wildman–Crippen LogP) is 2.26. The van der Waals surface area contributed by atoms with Crippen LogP contribution in [0.3, 0.4) is 0 Å². The normalized spacial score (nSPS) is 29.1. The fourth-order valence-electron chi connectivity index (χ4n) is 3.02. The Labute approximate surface area is 114 Å². The molecule has 0 bridgehead atoms. The van der Waals surface area contributed by atoms with Gasteiger partial charge in [0.1, 0.15) is 5.54 Å². The van der Waals surface area contributed by atoms with E-state index in [2.05, 4.69) is 17.6 Å². The Hall–Kier alpha value is -1.26. The first-order chi connectivity index (χ1) is 9.07. The molecule has 0 heterocycles. The van der Waals surface area contributed by atoms with Crippen molar-refractivity contribution in [2.75, 3.05) is 0 Å². The van der Waals surface area contributed by atoms with Gasteiger partial charge in [-0.15, -0.1) is 0 Å². The van der Waals surface area contributed by atoms with E-state index >= 15 is 0 Å². The third-order valence-electron chi connectivity index (χ3n) is 4.48. The van der Waals surface area contributed by atoms with Gasteiger partial charge in [-0.05, 0) is 25.2 Å². The number of carboxylic acids is 1. The number of hydrogen-bond acceptors (Lipinski definition) is 2. The minimum absolute atomic E-state index is 0.238. The molecule has 2 amide bonds. The number of aliphatic carboxylic acids is 1. The summed E-state index contributed by atoms with van der Waals surface area (Å²) in [5.74, 6) is -0.326. The quantitative estimate of drug-likeness (QED) is 0.684. The first-order valence-electron chi connectivity index (χ1n) is 7.39. The Balaban J connectivity index is 1.92. The molecule has 5 heteroatoms. The number of carbonyl (C=O) groups is 2. The van der Waals surface area contributed by atoms with Crippen LogP contribution in [0.15, 0.2) is 0 Å². The third-order valence-corrected chi connectivity index (χ3v) is 4.48. The van der Waals surface area contributed by atoms with Crippen molar-refractivity contribution in [3.05, 3.63) is 0 Å². The molecule has 0 aromatic carbocycles. The number of rotatable bonds is 4. The van der Waals surface area contributed by atoms with Crippen LogP contribution in [0.25, 0.3) is 0 Å². The van der Waals surface area contributed by atoms with Crippen molar-refractivity contribution in [3.8, 4) is 0 Å². The van der Waals surface area contributed by atoms with Gasteiger partial charge in [-0.3, -0.25) is 0 Å². The molecule has 2 aliphatic rings. The predicted molar refractivity (Wildman–Crippen MR) is 71.9 cm³/mol. The molecule has 0 saturated heterocycles. The Bertz CT molecular complexity index is 349. The summed E-state index contributed by atoms with van der Waals surface area (Å²) in [6.07, 6.45) is 7.01. The Morgan fingerprint density at radius 1 is 1.21 bits per heavy atom. The maximum Gasteiger partial charge on any atom is 0.329 e. The molecule has 19 heavy (non-hydrogen) atoms.